The third-order valence-electron chi connectivity index (χ3n) is 6.94. The molecule has 1 aromatic heterocycles. The second-order valence-electron chi connectivity index (χ2n) is 9.30. The van der Waals surface area contributed by atoms with E-state index in [9.17, 15) is 14.4 Å². The van der Waals surface area contributed by atoms with Crippen molar-refractivity contribution in [3.05, 3.63) is 133 Å². The van der Waals surface area contributed by atoms with E-state index in [1.54, 1.807) is 18.7 Å². The zero-order valence-electron chi connectivity index (χ0n) is 21.5. The lowest BCUT2D eigenvalue weighted by Gasteiger charge is -2.24. The van der Waals surface area contributed by atoms with E-state index in [4.69, 9.17) is 4.74 Å². The van der Waals surface area contributed by atoms with Crippen molar-refractivity contribution in [2.24, 2.45) is 4.99 Å². The fourth-order valence-electron chi connectivity index (χ4n) is 5.22. The van der Waals surface area contributed by atoms with Gasteiger partial charge < -0.3 is 9.64 Å². The minimum Gasteiger partial charge on any atom is -0.463 e. The Morgan fingerprint density at radius 2 is 1.62 bits per heavy atom. The third kappa shape index (κ3) is 4.13. The number of hydrogen-bond acceptors (Lipinski definition) is 6. The number of rotatable bonds is 5. The van der Waals surface area contributed by atoms with E-state index in [0.717, 1.165) is 16.8 Å². The average molecular weight is 536 g/mol. The molecule has 2 aliphatic rings. The lowest BCUT2D eigenvalue weighted by molar-refractivity contribution is -0.139. The summed E-state index contributed by atoms with van der Waals surface area (Å²) in [5.41, 5.74) is 4.02. The molecule has 0 radical (unpaired) electrons. The molecule has 2 aliphatic heterocycles. The first kappa shape index (κ1) is 24.8. The van der Waals surface area contributed by atoms with Gasteiger partial charge in [-0.05, 0) is 31.0 Å². The summed E-state index contributed by atoms with van der Waals surface area (Å²) in [5, 5.41) is 0. The Bertz CT molecular complexity index is 1820. The monoisotopic (exact) mass is 535 g/mol. The third-order valence-corrected chi connectivity index (χ3v) is 8.00. The van der Waals surface area contributed by atoms with Crippen LogP contribution >= 0.6 is 11.3 Å². The zero-order valence-corrected chi connectivity index (χ0v) is 22.3. The number of nitrogens with zero attached hydrogens (tertiary/aromatic N) is 3. The molecule has 0 saturated carbocycles. The van der Waals surface area contributed by atoms with Gasteiger partial charge in [0.15, 0.2) is 4.80 Å². The van der Waals surface area contributed by atoms with Gasteiger partial charge in [-0.1, -0.05) is 90.2 Å². The summed E-state index contributed by atoms with van der Waals surface area (Å²) >= 11 is 1.18. The predicted molar refractivity (Wildman–Crippen MR) is 150 cm³/mol. The number of esters is 1. The van der Waals surface area contributed by atoms with Crippen molar-refractivity contribution in [3.63, 3.8) is 0 Å². The number of amides is 1. The van der Waals surface area contributed by atoms with Crippen LogP contribution in [0.15, 0.2) is 106 Å². The average Bonchev–Trinajstić information content (AvgIpc) is 3.41. The quantitative estimate of drug-likeness (QED) is 0.365. The first-order chi connectivity index (χ1) is 19.0. The van der Waals surface area contributed by atoms with Gasteiger partial charge in [0.05, 0.1) is 41.7 Å². The van der Waals surface area contributed by atoms with Gasteiger partial charge in [0.2, 0.25) is 0 Å². The van der Waals surface area contributed by atoms with Crippen molar-refractivity contribution in [2.75, 3.05) is 11.5 Å². The van der Waals surface area contributed by atoms with Gasteiger partial charge in [-0.15, -0.1) is 0 Å². The van der Waals surface area contributed by atoms with Crippen LogP contribution in [0.2, 0.25) is 0 Å². The van der Waals surface area contributed by atoms with Crippen molar-refractivity contribution in [3.8, 4) is 0 Å². The van der Waals surface area contributed by atoms with Crippen LogP contribution < -0.4 is 19.8 Å². The normalized spacial score (nSPS) is 17.5. The van der Waals surface area contributed by atoms with E-state index in [1.807, 2.05) is 84.9 Å². The van der Waals surface area contributed by atoms with E-state index in [0.29, 0.717) is 38.3 Å². The van der Waals surface area contributed by atoms with Crippen LogP contribution in [0.25, 0.3) is 5.57 Å². The van der Waals surface area contributed by atoms with Crippen LogP contribution in [0.5, 0.6) is 0 Å². The molecule has 1 amide bonds. The molecule has 194 valence electrons. The van der Waals surface area contributed by atoms with Gasteiger partial charge in [0.25, 0.3) is 11.5 Å². The van der Waals surface area contributed by atoms with Crippen molar-refractivity contribution >= 4 is 34.5 Å². The summed E-state index contributed by atoms with van der Waals surface area (Å²) in [6, 6.07) is 25.9. The largest absolute Gasteiger partial charge is 0.463 e. The first-order valence-electron chi connectivity index (χ1n) is 12.7. The highest BCUT2D eigenvalue weighted by Gasteiger charge is 2.37. The summed E-state index contributed by atoms with van der Waals surface area (Å²) in [6.07, 6.45) is 0. The van der Waals surface area contributed by atoms with Crippen LogP contribution in [-0.4, -0.2) is 23.1 Å². The smallest absolute Gasteiger partial charge is 0.338 e. The Morgan fingerprint density at radius 1 is 0.949 bits per heavy atom. The number of para-hydroxylation sites is 1. The molecule has 39 heavy (non-hydrogen) atoms. The number of carbonyl (C=O) groups excluding carboxylic acids is 2. The maximum absolute atomic E-state index is 14.2. The van der Waals surface area contributed by atoms with Gasteiger partial charge in [0.1, 0.15) is 4.53 Å². The topological polar surface area (TPSA) is 81.0 Å². The van der Waals surface area contributed by atoms with Crippen molar-refractivity contribution < 1.29 is 14.3 Å². The molecule has 0 aliphatic carbocycles. The van der Waals surface area contributed by atoms with E-state index >= 15 is 0 Å². The van der Waals surface area contributed by atoms with Crippen LogP contribution in [0.4, 0.5) is 5.69 Å². The predicted octanol–water partition coefficient (Wildman–Crippen LogP) is 3.72. The van der Waals surface area contributed by atoms with E-state index in [1.165, 1.54) is 15.9 Å². The standard InChI is InChI=1S/C31H25N3O4S/c1-3-38-30(37)24-19(2)32-31-34(26(24)21-14-8-5-9-15-21)29(36)27(39-31)25-22-16-10-11-17-23(22)33(28(25)35)18-20-12-6-4-7-13-20/h4-17,26H,3,18H2,1-2H3/b27-25-/t26-/m0/s1. The summed E-state index contributed by atoms with van der Waals surface area (Å²) in [4.78, 5) is 48.0. The number of ether oxygens (including phenoxy) is 1. The lowest BCUT2D eigenvalue weighted by atomic mass is 9.96. The molecule has 3 heterocycles. The number of hydrogen-bond donors (Lipinski definition) is 0. The molecule has 0 bridgehead atoms. The Kier molecular flexibility index (Phi) is 6.32. The molecular formula is C31H25N3O4S. The van der Waals surface area contributed by atoms with Crippen LogP contribution in [-0.2, 0) is 20.9 Å². The lowest BCUT2D eigenvalue weighted by Crippen LogP contribution is -2.41. The molecule has 3 aromatic carbocycles. The molecule has 0 saturated heterocycles. The van der Waals surface area contributed by atoms with Gasteiger partial charge in [-0.3, -0.25) is 14.2 Å². The molecule has 1 atom stereocenters. The molecule has 7 nitrogen and oxygen atoms in total. The van der Waals surface area contributed by atoms with Crippen LogP contribution in [0, 0.1) is 0 Å². The summed E-state index contributed by atoms with van der Waals surface area (Å²) < 4.78 is 7.20. The number of anilines is 1. The fraction of sp³-hybridized carbons (Fsp3) is 0.161. The number of fused-ring (bicyclic) bond motifs is 2. The number of thiazole rings is 1. The van der Waals surface area contributed by atoms with Gasteiger partial charge in [-0.25, -0.2) is 9.79 Å². The maximum atomic E-state index is 14.2. The number of allylic oxidation sites excluding steroid dienone is 1. The van der Waals surface area contributed by atoms with Gasteiger partial charge in [0, 0.05) is 5.56 Å². The van der Waals surface area contributed by atoms with Crippen molar-refractivity contribution in [1.82, 2.24) is 4.57 Å². The van der Waals surface area contributed by atoms with Crippen LogP contribution in [0.1, 0.15) is 36.6 Å². The molecule has 0 spiro atoms. The Morgan fingerprint density at radius 3 is 2.33 bits per heavy atom. The highest BCUT2D eigenvalue weighted by Crippen LogP contribution is 2.36. The van der Waals surface area contributed by atoms with Crippen LogP contribution in [0.3, 0.4) is 0 Å². The fourth-order valence-corrected chi connectivity index (χ4v) is 6.35. The van der Waals surface area contributed by atoms with E-state index in [2.05, 4.69) is 4.99 Å². The summed E-state index contributed by atoms with van der Waals surface area (Å²) in [6.45, 7) is 4.08. The van der Waals surface area contributed by atoms with E-state index in [-0.39, 0.29) is 18.1 Å². The second kappa shape index (κ2) is 9.96. The first-order valence-corrected chi connectivity index (χ1v) is 13.5. The molecule has 0 unspecified atom stereocenters. The Hall–Kier alpha value is -4.56. The second-order valence-corrected chi connectivity index (χ2v) is 10.3. The Labute approximate surface area is 228 Å². The molecule has 0 N–H and O–H groups in total. The Balaban J connectivity index is 1.58. The molecular weight excluding hydrogens is 510 g/mol. The number of aromatic nitrogens is 1. The maximum Gasteiger partial charge on any atom is 0.338 e. The van der Waals surface area contributed by atoms with E-state index < -0.39 is 12.0 Å². The number of carbonyl (C=O) groups is 2. The van der Waals surface area contributed by atoms with Gasteiger partial charge in [-0.2, -0.15) is 0 Å². The highest BCUT2D eigenvalue weighted by atomic mass is 32.1. The molecule has 8 heteroatoms. The minimum atomic E-state index is -0.719. The van der Waals surface area contributed by atoms with Gasteiger partial charge >= 0.3 is 5.97 Å². The number of benzene rings is 3. The highest BCUT2D eigenvalue weighted by molar-refractivity contribution is 7.07. The summed E-state index contributed by atoms with van der Waals surface area (Å²) in [7, 11) is 0. The SMILES string of the molecule is CCOC(=O)C1=C(C)N=c2s/c(=C3\C(=O)N(Cc4ccccc4)c4ccccc43)c(=O)n2[C@H]1c1ccccc1. The molecule has 4 aromatic rings. The minimum absolute atomic E-state index is 0.203. The summed E-state index contributed by atoms with van der Waals surface area (Å²) in [5.74, 6) is -0.746. The zero-order chi connectivity index (χ0) is 27.1. The van der Waals surface area contributed by atoms with Crippen molar-refractivity contribution in [1.29, 1.82) is 0 Å². The van der Waals surface area contributed by atoms with Crippen molar-refractivity contribution in [2.45, 2.75) is 26.4 Å². The molecule has 6 rings (SSSR count). The molecule has 0 fully saturated rings.